The van der Waals surface area contributed by atoms with Gasteiger partial charge in [0.15, 0.2) is 5.82 Å². The largest absolute Gasteiger partial charge is 0.441 e. The Kier molecular flexibility index (Phi) is 5.09. The molecule has 2 aromatic heterocycles. The van der Waals surface area contributed by atoms with Crippen LogP contribution < -0.4 is 5.76 Å². The monoisotopic (exact) mass is 391 g/mol. The minimum absolute atomic E-state index is 0.0441. The third-order valence-corrected chi connectivity index (χ3v) is 4.88. The van der Waals surface area contributed by atoms with Gasteiger partial charge < -0.3 is 0 Å². The van der Waals surface area contributed by atoms with Crippen LogP contribution in [0.1, 0.15) is 48.5 Å². The first-order valence-electron chi connectivity index (χ1n) is 8.52. The van der Waals surface area contributed by atoms with E-state index >= 15 is 0 Å². The first-order chi connectivity index (χ1) is 12.5. The highest BCUT2D eigenvalue weighted by Crippen LogP contribution is 2.37. The Hall–Kier alpha value is -2.26. The van der Waals surface area contributed by atoms with Gasteiger partial charge >= 0.3 is 11.9 Å². The van der Waals surface area contributed by atoms with E-state index in [-0.39, 0.29) is 31.0 Å². The van der Waals surface area contributed by atoms with Crippen molar-refractivity contribution in [2.24, 2.45) is 5.92 Å². The number of alkyl halides is 5. The predicted octanol–water partition coefficient (Wildman–Crippen LogP) is 3.97. The molecule has 0 atom stereocenters. The Morgan fingerprint density at radius 3 is 2.52 bits per heavy atom. The summed E-state index contributed by atoms with van der Waals surface area (Å²) in [5, 5.41) is 3.72. The summed E-state index contributed by atoms with van der Waals surface area (Å²) in [6.45, 7) is 1.38. The number of halogens is 5. The quantitative estimate of drug-likeness (QED) is 0.740. The zero-order valence-corrected chi connectivity index (χ0v) is 14.5. The van der Waals surface area contributed by atoms with E-state index in [0.717, 1.165) is 6.07 Å². The van der Waals surface area contributed by atoms with E-state index < -0.39 is 23.5 Å². The number of pyridine rings is 1. The Morgan fingerprint density at radius 2 is 1.93 bits per heavy atom. The normalized spacial score (nSPS) is 18.0. The van der Waals surface area contributed by atoms with Gasteiger partial charge in [-0.2, -0.15) is 13.2 Å². The van der Waals surface area contributed by atoms with Gasteiger partial charge in [0.2, 0.25) is 5.92 Å². The van der Waals surface area contributed by atoms with Crippen molar-refractivity contribution < 1.29 is 26.5 Å². The first-order valence-corrected chi connectivity index (χ1v) is 8.52. The lowest BCUT2D eigenvalue weighted by Crippen LogP contribution is -2.27. The molecule has 0 amide bonds. The summed E-state index contributed by atoms with van der Waals surface area (Å²) in [6.07, 6.45) is -4.03. The van der Waals surface area contributed by atoms with Crippen LogP contribution in [0.4, 0.5) is 22.0 Å². The molecule has 5 nitrogen and oxygen atoms in total. The van der Waals surface area contributed by atoms with Crippen LogP contribution in [0.25, 0.3) is 0 Å². The topological polar surface area (TPSA) is 60.9 Å². The summed E-state index contributed by atoms with van der Waals surface area (Å²) >= 11 is 0. The molecule has 3 rings (SSSR count). The molecule has 0 aromatic carbocycles. The third-order valence-electron chi connectivity index (χ3n) is 4.88. The Balaban J connectivity index is 1.77. The van der Waals surface area contributed by atoms with Gasteiger partial charge in [-0.15, -0.1) is 0 Å². The van der Waals surface area contributed by atoms with Gasteiger partial charge in [0.25, 0.3) is 0 Å². The molecule has 27 heavy (non-hydrogen) atoms. The molecule has 0 radical (unpaired) electrons. The number of hydrogen-bond acceptors (Lipinski definition) is 4. The average molecular weight is 391 g/mol. The van der Waals surface area contributed by atoms with Crippen LogP contribution in [0.15, 0.2) is 21.5 Å². The lowest BCUT2D eigenvalue weighted by Gasteiger charge is -2.27. The third kappa shape index (κ3) is 4.54. The molecule has 1 aliphatic rings. The number of hydrogen-bond donors (Lipinski definition) is 0. The summed E-state index contributed by atoms with van der Waals surface area (Å²) in [4.78, 5) is 15.5. The fourth-order valence-electron chi connectivity index (χ4n) is 3.25. The Labute approximate surface area is 151 Å². The van der Waals surface area contributed by atoms with Crippen molar-refractivity contribution in [3.05, 3.63) is 45.5 Å². The summed E-state index contributed by atoms with van der Waals surface area (Å²) in [5.41, 5.74) is -0.448. The second-order valence-corrected chi connectivity index (χ2v) is 6.89. The number of aromatic nitrogens is 3. The maximum absolute atomic E-state index is 13.3. The standard InChI is InChI=1S/C17H18F5N3O2/c1-10-12(2-3-13(23-10)17(20,21)22)9-25-14(24-27-15(25)26)8-11-4-6-16(18,19)7-5-11/h2-3,11H,4-9H2,1H3. The van der Waals surface area contributed by atoms with Crippen LogP contribution in [0.3, 0.4) is 0 Å². The average Bonchev–Trinajstić information content (AvgIpc) is 2.91. The van der Waals surface area contributed by atoms with Crippen LogP contribution in [0, 0.1) is 12.8 Å². The second-order valence-electron chi connectivity index (χ2n) is 6.89. The van der Waals surface area contributed by atoms with Crippen LogP contribution in [-0.2, 0) is 19.1 Å². The van der Waals surface area contributed by atoms with Crippen molar-refractivity contribution in [1.29, 1.82) is 0 Å². The van der Waals surface area contributed by atoms with Crippen molar-refractivity contribution in [2.45, 2.75) is 57.7 Å². The van der Waals surface area contributed by atoms with E-state index in [1.807, 2.05) is 0 Å². The molecule has 0 saturated heterocycles. The van der Waals surface area contributed by atoms with Gasteiger partial charge in [-0.3, -0.25) is 9.09 Å². The maximum Gasteiger partial charge on any atom is 0.441 e. The molecule has 0 aliphatic heterocycles. The molecule has 0 bridgehead atoms. The Bertz CT molecular complexity index is 862. The van der Waals surface area contributed by atoms with Crippen molar-refractivity contribution in [3.8, 4) is 0 Å². The van der Waals surface area contributed by atoms with E-state index in [9.17, 15) is 26.7 Å². The fourth-order valence-corrected chi connectivity index (χ4v) is 3.25. The van der Waals surface area contributed by atoms with Gasteiger partial charge in [-0.05, 0) is 37.3 Å². The van der Waals surface area contributed by atoms with Gasteiger partial charge in [0, 0.05) is 25.0 Å². The van der Waals surface area contributed by atoms with E-state index in [0.29, 0.717) is 30.7 Å². The van der Waals surface area contributed by atoms with E-state index in [1.54, 1.807) is 0 Å². The zero-order valence-electron chi connectivity index (χ0n) is 14.5. The summed E-state index contributed by atoms with van der Waals surface area (Å²) in [6, 6.07) is 2.11. The van der Waals surface area contributed by atoms with Gasteiger partial charge in [0.1, 0.15) is 5.69 Å². The zero-order chi connectivity index (χ0) is 19.8. The molecule has 1 fully saturated rings. The van der Waals surface area contributed by atoms with Crippen molar-refractivity contribution >= 4 is 0 Å². The van der Waals surface area contributed by atoms with Crippen LogP contribution in [0.5, 0.6) is 0 Å². The van der Waals surface area contributed by atoms with E-state index in [4.69, 9.17) is 0 Å². The molecule has 2 aromatic rings. The SMILES string of the molecule is Cc1nc(C(F)(F)F)ccc1Cn1c(CC2CCC(F)(F)CC2)noc1=O. The summed E-state index contributed by atoms with van der Waals surface area (Å²) in [7, 11) is 0. The number of rotatable bonds is 4. The molecule has 0 N–H and O–H groups in total. The predicted molar refractivity (Wildman–Crippen MR) is 84.5 cm³/mol. The molecule has 0 spiro atoms. The van der Waals surface area contributed by atoms with E-state index in [2.05, 4.69) is 14.7 Å². The smallest absolute Gasteiger partial charge is 0.296 e. The number of aryl methyl sites for hydroxylation is 1. The van der Waals surface area contributed by atoms with E-state index in [1.165, 1.54) is 17.6 Å². The molecule has 1 aliphatic carbocycles. The molecule has 10 heteroatoms. The van der Waals surface area contributed by atoms with Crippen molar-refractivity contribution in [1.82, 2.24) is 14.7 Å². The molecular weight excluding hydrogens is 373 g/mol. The molecule has 2 heterocycles. The van der Waals surface area contributed by atoms with Crippen LogP contribution >= 0.6 is 0 Å². The highest BCUT2D eigenvalue weighted by Gasteiger charge is 2.36. The van der Waals surface area contributed by atoms with Gasteiger partial charge in [-0.1, -0.05) is 11.2 Å². The van der Waals surface area contributed by atoms with Crippen molar-refractivity contribution in [3.63, 3.8) is 0 Å². The highest BCUT2D eigenvalue weighted by atomic mass is 19.4. The fraction of sp³-hybridized carbons (Fsp3) is 0.588. The minimum Gasteiger partial charge on any atom is -0.296 e. The minimum atomic E-state index is -4.55. The second kappa shape index (κ2) is 7.05. The van der Waals surface area contributed by atoms with Crippen LogP contribution in [0.2, 0.25) is 0 Å². The molecule has 0 unspecified atom stereocenters. The van der Waals surface area contributed by atoms with Gasteiger partial charge in [0.05, 0.1) is 6.54 Å². The summed E-state index contributed by atoms with van der Waals surface area (Å²) < 4.78 is 70.6. The number of nitrogens with zero attached hydrogens (tertiary/aromatic N) is 3. The molecular formula is C17H18F5N3O2. The van der Waals surface area contributed by atoms with Crippen LogP contribution in [-0.4, -0.2) is 20.6 Å². The lowest BCUT2D eigenvalue weighted by atomic mass is 9.84. The maximum atomic E-state index is 13.3. The highest BCUT2D eigenvalue weighted by molar-refractivity contribution is 5.24. The Morgan fingerprint density at radius 1 is 1.26 bits per heavy atom. The first kappa shape index (κ1) is 19.5. The van der Waals surface area contributed by atoms with Gasteiger partial charge in [-0.25, -0.2) is 18.6 Å². The molecule has 148 valence electrons. The summed E-state index contributed by atoms with van der Waals surface area (Å²) in [5.74, 6) is -3.14. The molecule has 1 saturated carbocycles. The lowest BCUT2D eigenvalue weighted by molar-refractivity contribution is -0.141. The van der Waals surface area contributed by atoms with Crippen molar-refractivity contribution in [2.75, 3.05) is 0 Å².